The van der Waals surface area contributed by atoms with E-state index in [0.717, 1.165) is 4.31 Å². The van der Waals surface area contributed by atoms with Gasteiger partial charge in [0, 0.05) is 17.6 Å². The standard InChI is InChI=1S/C11H11BrN2O5S/c12-8-5-7(11(16)17)1-2-9(8)20(18,19)14-4-3-13-10(15)6-14/h1-2,5H,3-4,6H2,(H,13,15)(H,16,17). The summed E-state index contributed by atoms with van der Waals surface area (Å²) >= 11 is 3.06. The third kappa shape index (κ3) is 2.84. The van der Waals surface area contributed by atoms with Crippen LogP contribution in [0.2, 0.25) is 0 Å². The molecule has 9 heteroatoms. The molecule has 108 valence electrons. The highest BCUT2D eigenvalue weighted by molar-refractivity contribution is 9.10. The van der Waals surface area contributed by atoms with Gasteiger partial charge in [-0.25, -0.2) is 13.2 Å². The molecule has 2 rings (SSSR count). The summed E-state index contributed by atoms with van der Waals surface area (Å²) in [6.07, 6.45) is 0. The molecule has 0 radical (unpaired) electrons. The number of nitrogens with one attached hydrogen (secondary N) is 1. The average molecular weight is 363 g/mol. The van der Waals surface area contributed by atoms with Crippen LogP contribution >= 0.6 is 15.9 Å². The lowest BCUT2D eigenvalue weighted by Crippen LogP contribution is -2.49. The van der Waals surface area contributed by atoms with Gasteiger partial charge in [-0.05, 0) is 34.1 Å². The summed E-state index contributed by atoms with van der Waals surface area (Å²) in [5, 5.41) is 11.4. The van der Waals surface area contributed by atoms with Crippen LogP contribution in [0.15, 0.2) is 27.6 Å². The zero-order valence-electron chi connectivity index (χ0n) is 10.2. The Balaban J connectivity index is 2.39. The van der Waals surface area contributed by atoms with Gasteiger partial charge in [0.1, 0.15) is 0 Å². The monoisotopic (exact) mass is 362 g/mol. The molecule has 0 atom stereocenters. The number of rotatable bonds is 3. The van der Waals surface area contributed by atoms with Crippen LogP contribution in [0.4, 0.5) is 0 Å². The maximum atomic E-state index is 12.4. The zero-order chi connectivity index (χ0) is 14.9. The van der Waals surface area contributed by atoms with E-state index in [1.165, 1.54) is 18.2 Å². The summed E-state index contributed by atoms with van der Waals surface area (Å²) in [6, 6.07) is 3.65. The van der Waals surface area contributed by atoms with E-state index in [-0.39, 0.29) is 40.5 Å². The van der Waals surface area contributed by atoms with Crippen molar-refractivity contribution in [3.8, 4) is 0 Å². The van der Waals surface area contributed by atoms with Crippen molar-refractivity contribution < 1.29 is 23.1 Å². The molecular weight excluding hydrogens is 352 g/mol. The molecule has 2 N–H and O–H groups in total. The lowest BCUT2D eigenvalue weighted by atomic mass is 10.2. The molecule has 0 aliphatic carbocycles. The minimum Gasteiger partial charge on any atom is -0.478 e. The van der Waals surface area contributed by atoms with Crippen LogP contribution < -0.4 is 5.32 Å². The quantitative estimate of drug-likeness (QED) is 0.802. The predicted octanol–water partition coefficient (Wildman–Crippen LogP) is 0.268. The maximum absolute atomic E-state index is 12.4. The third-order valence-electron chi connectivity index (χ3n) is 2.80. The predicted molar refractivity (Wildman–Crippen MR) is 72.9 cm³/mol. The van der Waals surface area contributed by atoms with Crippen molar-refractivity contribution in [1.29, 1.82) is 0 Å². The number of carbonyl (C=O) groups excluding carboxylic acids is 1. The summed E-state index contributed by atoms with van der Waals surface area (Å²) in [5.74, 6) is -1.51. The van der Waals surface area contributed by atoms with Crippen LogP contribution in [0.25, 0.3) is 0 Å². The van der Waals surface area contributed by atoms with E-state index in [9.17, 15) is 18.0 Å². The Bertz CT molecular complexity index is 673. The smallest absolute Gasteiger partial charge is 0.335 e. The minimum atomic E-state index is -3.84. The molecular formula is C11H11BrN2O5S. The van der Waals surface area contributed by atoms with Gasteiger partial charge in [-0.3, -0.25) is 4.79 Å². The number of hydrogen-bond donors (Lipinski definition) is 2. The van der Waals surface area contributed by atoms with Crippen LogP contribution in [-0.2, 0) is 14.8 Å². The van der Waals surface area contributed by atoms with Gasteiger partial charge < -0.3 is 10.4 Å². The normalized spacial score (nSPS) is 16.8. The second kappa shape index (κ2) is 5.51. The molecule has 0 unspecified atom stereocenters. The van der Waals surface area contributed by atoms with Crippen molar-refractivity contribution >= 4 is 37.8 Å². The van der Waals surface area contributed by atoms with Gasteiger partial charge in [0.25, 0.3) is 0 Å². The Morgan fingerprint density at radius 1 is 1.40 bits per heavy atom. The van der Waals surface area contributed by atoms with Crippen molar-refractivity contribution in [2.75, 3.05) is 19.6 Å². The van der Waals surface area contributed by atoms with Crippen molar-refractivity contribution in [3.05, 3.63) is 28.2 Å². The van der Waals surface area contributed by atoms with Gasteiger partial charge in [0.2, 0.25) is 15.9 Å². The molecule has 20 heavy (non-hydrogen) atoms. The number of carboxylic acid groups (broad SMARTS) is 1. The summed E-state index contributed by atoms with van der Waals surface area (Å²) < 4.78 is 26.0. The maximum Gasteiger partial charge on any atom is 0.335 e. The van der Waals surface area contributed by atoms with E-state index < -0.39 is 16.0 Å². The van der Waals surface area contributed by atoms with Gasteiger partial charge in [0.15, 0.2) is 0 Å². The number of hydrogen-bond acceptors (Lipinski definition) is 4. The lowest BCUT2D eigenvalue weighted by molar-refractivity contribution is -0.122. The van der Waals surface area contributed by atoms with E-state index >= 15 is 0 Å². The average Bonchev–Trinajstić information content (AvgIpc) is 2.38. The van der Waals surface area contributed by atoms with E-state index in [2.05, 4.69) is 21.2 Å². The first-order chi connectivity index (χ1) is 9.32. The van der Waals surface area contributed by atoms with Crippen LogP contribution in [0.5, 0.6) is 0 Å². The van der Waals surface area contributed by atoms with E-state index in [1.807, 2.05) is 0 Å². The Hall–Kier alpha value is -1.45. The van der Waals surface area contributed by atoms with Crippen molar-refractivity contribution in [2.24, 2.45) is 0 Å². The fraction of sp³-hybridized carbons (Fsp3) is 0.273. The van der Waals surface area contributed by atoms with Gasteiger partial charge in [-0.1, -0.05) is 0 Å². The number of sulfonamides is 1. The van der Waals surface area contributed by atoms with Crippen LogP contribution in [-0.4, -0.2) is 49.3 Å². The highest BCUT2D eigenvalue weighted by Gasteiger charge is 2.30. The van der Waals surface area contributed by atoms with Gasteiger partial charge in [-0.15, -0.1) is 0 Å². The Labute approximate surface area is 123 Å². The zero-order valence-corrected chi connectivity index (χ0v) is 12.6. The van der Waals surface area contributed by atoms with Crippen molar-refractivity contribution in [2.45, 2.75) is 4.90 Å². The molecule has 1 aromatic carbocycles. The first-order valence-electron chi connectivity index (χ1n) is 5.62. The van der Waals surface area contributed by atoms with E-state index in [4.69, 9.17) is 5.11 Å². The Kier molecular flexibility index (Phi) is 4.11. The molecule has 1 aromatic rings. The molecule has 1 saturated heterocycles. The number of carbonyl (C=O) groups is 2. The Morgan fingerprint density at radius 2 is 2.10 bits per heavy atom. The fourth-order valence-electron chi connectivity index (χ4n) is 1.80. The second-order valence-corrected chi connectivity index (χ2v) is 6.90. The Morgan fingerprint density at radius 3 is 2.65 bits per heavy atom. The summed E-state index contributed by atoms with van der Waals surface area (Å²) in [4.78, 5) is 22.0. The number of piperazine rings is 1. The largest absolute Gasteiger partial charge is 0.478 e. The van der Waals surface area contributed by atoms with Gasteiger partial charge in [0.05, 0.1) is 17.0 Å². The minimum absolute atomic E-state index is 0.0211. The van der Waals surface area contributed by atoms with E-state index in [0.29, 0.717) is 0 Å². The van der Waals surface area contributed by atoms with E-state index in [1.54, 1.807) is 0 Å². The highest BCUT2D eigenvalue weighted by atomic mass is 79.9. The number of carboxylic acids is 1. The molecule has 0 spiro atoms. The molecule has 0 bridgehead atoms. The SMILES string of the molecule is O=C1CN(S(=O)(=O)c2ccc(C(=O)O)cc2Br)CCN1. The molecule has 1 heterocycles. The van der Waals surface area contributed by atoms with Crippen LogP contribution in [0, 0.1) is 0 Å². The lowest BCUT2D eigenvalue weighted by Gasteiger charge is -2.26. The molecule has 1 aliphatic heterocycles. The topological polar surface area (TPSA) is 104 Å². The number of halogens is 1. The molecule has 1 aliphatic rings. The van der Waals surface area contributed by atoms with Crippen molar-refractivity contribution in [3.63, 3.8) is 0 Å². The molecule has 1 amide bonds. The first kappa shape index (κ1) is 14.9. The molecule has 1 fully saturated rings. The summed E-state index contributed by atoms with van der Waals surface area (Å²) in [7, 11) is -3.84. The van der Waals surface area contributed by atoms with Gasteiger partial charge >= 0.3 is 5.97 Å². The highest BCUT2D eigenvalue weighted by Crippen LogP contribution is 2.26. The fourth-order valence-corrected chi connectivity index (χ4v) is 4.24. The summed E-state index contributed by atoms with van der Waals surface area (Å²) in [5.41, 5.74) is -0.0211. The first-order valence-corrected chi connectivity index (χ1v) is 7.85. The second-order valence-electron chi connectivity index (χ2n) is 4.14. The number of benzene rings is 1. The van der Waals surface area contributed by atoms with Crippen LogP contribution in [0.1, 0.15) is 10.4 Å². The van der Waals surface area contributed by atoms with Crippen LogP contribution in [0.3, 0.4) is 0 Å². The molecule has 0 aromatic heterocycles. The number of amides is 1. The third-order valence-corrected chi connectivity index (χ3v) is 5.62. The number of nitrogens with zero attached hydrogens (tertiary/aromatic N) is 1. The molecule has 0 saturated carbocycles. The summed E-state index contributed by atoms with van der Waals surface area (Å²) in [6.45, 7) is 0.194. The van der Waals surface area contributed by atoms with Crippen molar-refractivity contribution in [1.82, 2.24) is 9.62 Å². The molecule has 7 nitrogen and oxygen atoms in total. The number of aromatic carboxylic acids is 1. The van der Waals surface area contributed by atoms with Gasteiger partial charge in [-0.2, -0.15) is 4.31 Å².